The Balaban J connectivity index is 3.43. The van der Waals surface area contributed by atoms with Gasteiger partial charge in [0.2, 0.25) is 0 Å². The van der Waals surface area contributed by atoms with Crippen molar-refractivity contribution < 1.29 is 18.8 Å². The summed E-state index contributed by atoms with van der Waals surface area (Å²) in [5, 5.41) is 8.22. The summed E-state index contributed by atoms with van der Waals surface area (Å²) < 4.78 is 9.49. The first kappa shape index (κ1) is 8.61. The minimum Gasteiger partial charge on any atom is -0.481 e. The van der Waals surface area contributed by atoms with Crippen molar-refractivity contribution in [2.75, 3.05) is 14.2 Å². The summed E-state index contributed by atoms with van der Waals surface area (Å²) in [5.74, 6) is -0.865. The Labute approximate surface area is 55.2 Å². The van der Waals surface area contributed by atoms with Crippen molar-refractivity contribution in [1.82, 2.24) is 0 Å². The number of hydrogen-bond acceptors (Lipinski definition) is 3. The Morgan fingerprint density at radius 3 is 2.11 bits per heavy atom. The highest BCUT2D eigenvalue weighted by atomic mass is 28.3. The Hall–Kier alpha value is -0.393. The molecule has 0 atom stereocenters. The van der Waals surface area contributed by atoms with Gasteiger partial charge in [-0.05, 0) is 0 Å². The van der Waals surface area contributed by atoms with E-state index >= 15 is 0 Å². The van der Waals surface area contributed by atoms with E-state index in [0.29, 0.717) is 0 Å². The van der Waals surface area contributed by atoms with E-state index in [2.05, 4.69) is 0 Å². The van der Waals surface area contributed by atoms with Gasteiger partial charge < -0.3 is 14.0 Å². The van der Waals surface area contributed by atoms with Crippen molar-refractivity contribution in [3.05, 3.63) is 0 Å². The third kappa shape index (κ3) is 4.13. The molecule has 0 rings (SSSR count). The highest BCUT2D eigenvalue weighted by Crippen LogP contribution is 1.92. The summed E-state index contributed by atoms with van der Waals surface area (Å²) in [7, 11) is 1.07. The normalized spacial score (nSPS) is 10.1. The van der Waals surface area contributed by atoms with Gasteiger partial charge in [-0.25, -0.2) is 0 Å². The van der Waals surface area contributed by atoms with Crippen molar-refractivity contribution in [1.29, 1.82) is 0 Å². The van der Waals surface area contributed by atoms with E-state index in [-0.39, 0.29) is 6.04 Å². The molecule has 0 saturated carbocycles. The summed E-state index contributed by atoms with van der Waals surface area (Å²) >= 11 is 0. The standard InChI is InChI=1S/C4H10O4Si/c1-7-9(8-2)3-4(5)6/h9H,3H2,1-2H3,(H,5,6). The van der Waals surface area contributed by atoms with Crippen molar-refractivity contribution in [3.8, 4) is 0 Å². The van der Waals surface area contributed by atoms with E-state index in [1.54, 1.807) is 0 Å². The fourth-order valence-electron chi connectivity index (χ4n) is 0.405. The number of carbonyl (C=O) groups is 1. The topological polar surface area (TPSA) is 55.8 Å². The van der Waals surface area contributed by atoms with Crippen molar-refractivity contribution >= 4 is 15.3 Å². The van der Waals surface area contributed by atoms with Gasteiger partial charge >= 0.3 is 15.3 Å². The van der Waals surface area contributed by atoms with E-state index in [0.717, 1.165) is 0 Å². The lowest BCUT2D eigenvalue weighted by Crippen LogP contribution is -2.22. The Bertz CT molecular complexity index is 90.6. The first-order chi connectivity index (χ1) is 4.20. The third-order valence-corrected chi connectivity index (χ3v) is 2.60. The second-order valence-corrected chi connectivity index (χ2v) is 3.71. The molecule has 0 saturated heterocycles. The quantitative estimate of drug-likeness (QED) is 0.553. The molecule has 0 aliphatic rings. The highest BCUT2D eigenvalue weighted by Gasteiger charge is 2.13. The van der Waals surface area contributed by atoms with E-state index in [4.69, 9.17) is 14.0 Å². The smallest absolute Gasteiger partial charge is 0.332 e. The van der Waals surface area contributed by atoms with Crippen LogP contribution in [0.15, 0.2) is 0 Å². The molecule has 0 aromatic carbocycles. The average molecular weight is 150 g/mol. The largest absolute Gasteiger partial charge is 0.481 e. The van der Waals surface area contributed by atoms with Gasteiger partial charge in [-0.2, -0.15) is 0 Å². The lowest BCUT2D eigenvalue weighted by atomic mass is 10.8. The molecule has 54 valence electrons. The number of aliphatic carboxylic acids is 1. The fraction of sp³-hybridized carbons (Fsp3) is 0.750. The molecule has 0 aliphatic heterocycles. The van der Waals surface area contributed by atoms with Crippen LogP contribution in [0.25, 0.3) is 0 Å². The van der Waals surface area contributed by atoms with Crippen LogP contribution in [-0.4, -0.2) is 34.6 Å². The number of carboxylic acids is 1. The van der Waals surface area contributed by atoms with Gasteiger partial charge in [0.05, 0.1) is 6.04 Å². The number of hydrogen-bond donors (Lipinski definition) is 1. The maximum absolute atomic E-state index is 10.0. The highest BCUT2D eigenvalue weighted by molar-refractivity contribution is 6.48. The fourth-order valence-corrected chi connectivity index (χ4v) is 1.22. The van der Waals surface area contributed by atoms with Gasteiger partial charge in [-0.3, -0.25) is 4.79 Å². The lowest BCUT2D eigenvalue weighted by molar-refractivity contribution is -0.134. The molecule has 0 heterocycles. The van der Waals surface area contributed by atoms with Gasteiger partial charge in [0.1, 0.15) is 0 Å². The van der Waals surface area contributed by atoms with E-state index < -0.39 is 15.3 Å². The van der Waals surface area contributed by atoms with Crippen LogP contribution >= 0.6 is 0 Å². The second kappa shape index (κ2) is 4.48. The van der Waals surface area contributed by atoms with Crippen molar-refractivity contribution in [2.24, 2.45) is 0 Å². The van der Waals surface area contributed by atoms with Crippen molar-refractivity contribution in [3.63, 3.8) is 0 Å². The minimum atomic E-state index is -1.85. The van der Waals surface area contributed by atoms with Gasteiger partial charge in [0.25, 0.3) is 0 Å². The molecule has 0 radical (unpaired) electrons. The maximum Gasteiger partial charge on any atom is 0.332 e. The van der Waals surface area contributed by atoms with E-state index in [1.165, 1.54) is 14.2 Å². The van der Waals surface area contributed by atoms with Gasteiger partial charge in [-0.15, -0.1) is 0 Å². The average Bonchev–Trinajstić information content (AvgIpc) is 1.82. The van der Waals surface area contributed by atoms with Gasteiger partial charge in [0.15, 0.2) is 0 Å². The predicted octanol–water partition coefficient (Wildman–Crippen LogP) is -0.416. The molecule has 0 amide bonds. The minimum absolute atomic E-state index is 0.0208. The summed E-state index contributed by atoms with van der Waals surface area (Å²) in [5.41, 5.74) is 0. The van der Waals surface area contributed by atoms with Crippen LogP contribution in [0.2, 0.25) is 6.04 Å². The molecular formula is C4H10O4Si. The zero-order valence-electron chi connectivity index (χ0n) is 5.46. The summed E-state index contributed by atoms with van der Waals surface area (Å²) in [6.45, 7) is 0. The SMILES string of the molecule is CO[SiH](CC(=O)O)OC. The Kier molecular flexibility index (Phi) is 4.29. The first-order valence-corrected chi connectivity index (χ1v) is 4.24. The summed E-state index contributed by atoms with van der Waals surface area (Å²) in [6.07, 6.45) is 0. The number of rotatable bonds is 4. The molecule has 0 unspecified atom stereocenters. The Morgan fingerprint density at radius 2 is 2.00 bits per heavy atom. The van der Waals surface area contributed by atoms with Crippen LogP contribution in [0.1, 0.15) is 0 Å². The molecule has 0 aliphatic carbocycles. The van der Waals surface area contributed by atoms with Crippen LogP contribution in [0.3, 0.4) is 0 Å². The Morgan fingerprint density at radius 1 is 1.56 bits per heavy atom. The summed E-state index contributed by atoms with van der Waals surface area (Å²) in [4.78, 5) is 10.0. The molecule has 0 aromatic rings. The molecular weight excluding hydrogens is 140 g/mol. The van der Waals surface area contributed by atoms with Crippen molar-refractivity contribution in [2.45, 2.75) is 6.04 Å². The maximum atomic E-state index is 10.0. The van der Waals surface area contributed by atoms with E-state index in [1.807, 2.05) is 0 Å². The molecule has 0 spiro atoms. The van der Waals surface area contributed by atoms with Crippen LogP contribution in [0, 0.1) is 0 Å². The zero-order valence-corrected chi connectivity index (χ0v) is 6.61. The van der Waals surface area contributed by atoms with Crippen LogP contribution in [0.5, 0.6) is 0 Å². The lowest BCUT2D eigenvalue weighted by Gasteiger charge is -2.06. The monoisotopic (exact) mass is 150 g/mol. The van der Waals surface area contributed by atoms with E-state index in [9.17, 15) is 4.79 Å². The molecule has 0 bridgehead atoms. The van der Waals surface area contributed by atoms with Gasteiger partial charge in [-0.1, -0.05) is 0 Å². The molecule has 5 heteroatoms. The molecule has 4 nitrogen and oxygen atoms in total. The second-order valence-electron chi connectivity index (χ2n) is 1.50. The zero-order chi connectivity index (χ0) is 7.28. The van der Waals surface area contributed by atoms with Crippen LogP contribution in [-0.2, 0) is 13.6 Å². The number of carboxylic acid groups (broad SMARTS) is 1. The molecule has 1 N–H and O–H groups in total. The van der Waals surface area contributed by atoms with Crippen LogP contribution < -0.4 is 0 Å². The first-order valence-electron chi connectivity index (χ1n) is 2.48. The summed E-state index contributed by atoms with van der Waals surface area (Å²) in [6, 6.07) is 0.0208. The molecule has 0 aromatic heterocycles. The predicted molar refractivity (Wildman–Crippen MR) is 33.6 cm³/mol. The van der Waals surface area contributed by atoms with Crippen LogP contribution in [0.4, 0.5) is 0 Å². The molecule has 9 heavy (non-hydrogen) atoms. The molecule has 0 fully saturated rings. The van der Waals surface area contributed by atoms with Gasteiger partial charge in [0, 0.05) is 14.2 Å². The third-order valence-electron chi connectivity index (χ3n) is 0.867.